The first-order chi connectivity index (χ1) is 13.8. The van der Waals surface area contributed by atoms with Crippen LogP contribution >= 0.6 is 15.9 Å². The van der Waals surface area contributed by atoms with E-state index >= 15 is 0 Å². The van der Waals surface area contributed by atoms with Gasteiger partial charge in [0.05, 0.1) is 18.2 Å². The highest BCUT2D eigenvalue weighted by molar-refractivity contribution is 9.10. The lowest BCUT2D eigenvalue weighted by Gasteiger charge is -2.14. The van der Waals surface area contributed by atoms with Gasteiger partial charge in [-0.05, 0) is 52.2 Å². The van der Waals surface area contributed by atoms with Crippen molar-refractivity contribution in [2.24, 2.45) is 0 Å². The predicted octanol–water partition coefficient (Wildman–Crippen LogP) is 5.70. The minimum Gasteiger partial charge on any atom is -0.489 e. The number of hydrogen-bond donors (Lipinski definition) is 0. The van der Waals surface area contributed by atoms with Crippen LogP contribution in [0.1, 0.15) is 23.1 Å². The van der Waals surface area contributed by atoms with E-state index in [0.29, 0.717) is 22.3 Å². The molecule has 1 heterocycles. The average molecular weight is 468 g/mol. The highest BCUT2D eigenvalue weighted by atomic mass is 79.9. The van der Waals surface area contributed by atoms with Crippen LogP contribution in [0.5, 0.6) is 5.75 Å². The van der Waals surface area contributed by atoms with E-state index in [1.807, 2.05) is 6.07 Å². The van der Waals surface area contributed by atoms with Crippen molar-refractivity contribution in [1.29, 1.82) is 0 Å². The van der Waals surface area contributed by atoms with E-state index in [9.17, 15) is 18.0 Å². The molecule has 0 aliphatic rings. The molecular formula is C21H17BrF3NO3. The number of pyridine rings is 1. The zero-order chi connectivity index (χ0) is 21.0. The van der Waals surface area contributed by atoms with E-state index in [1.54, 1.807) is 24.3 Å². The van der Waals surface area contributed by atoms with Gasteiger partial charge in [0.2, 0.25) is 0 Å². The number of rotatable bonds is 6. The Kier molecular flexibility index (Phi) is 6.42. The highest BCUT2D eigenvalue weighted by Gasteiger charge is 2.32. The molecule has 3 aromatic rings. The Hall–Kier alpha value is -2.61. The first-order valence-corrected chi connectivity index (χ1v) is 9.51. The number of aromatic nitrogens is 1. The summed E-state index contributed by atoms with van der Waals surface area (Å²) in [6, 6.07) is 12.3. The zero-order valence-corrected chi connectivity index (χ0v) is 17.0. The van der Waals surface area contributed by atoms with Gasteiger partial charge in [0.1, 0.15) is 17.0 Å². The Labute approximate surface area is 173 Å². The topological polar surface area (TPSA) is 48.4 Å². The van der Waals surface area contributed by atoms with Crippen molar-refractivity contribution in [3.63, 3.8) is 0 Å². The number of carbonyl (C=O) groups is 1. The standard InChI is InChI=1S/C21H17BrF3NO3/c1-28-19(27)9-7-14-10-13-6-8-16(11-18(13)26-20(14)22)29-12-15-4-2-3-5-17(15)21(23,24)25/h2-6,8,10-11H,7,9,12H2,1H3. The Bertz CT molecular complexity index is 1040. The van der Waals surface area contributed by atoms with Crippen molar-refractivity contribution in [3.8, 4) is 5.75 Å². The predicted molar refractivity (Wildman–Crippen MR) is 106 cm³/mol. The fraction of sp³-hybridized carbons (Fsp3) is 0.238. The van der Waals surface area contributed by atoms with Crippen LogP contribution in [0.25, 0.3) is 10.9 Å². The lowest BCUT2D eigenvalue weighted by Crippen LogP contribution is -2.10. The first kappa shape index (κ1) is 21.1. The number of methoxy groups -OCH3 is 1. The van der Waals surface area contributed by atoms with E-state index in [0.717, 1.165) is 17.0 Å². The fourth-order valence-electron chi connectivity index (χ4n) is 2.85. The Balaban J connectivity index is 1.78. The van der Waals surface area contributed by atoms with Crippen molar-refractivity contribution in [1.82, 2.24) is 4.98 Å². The van der Waals surface area contributed by atoms with Crippen molar-refractivity contribution < 1.29 is 27.4 Å². The van der Waals surface area contributed by atoms with E-state index in [2.05, 4.69) is 25.7 Å². The number of benzene rings is 2. The molecule has 152 valence electrons. The molecule has 0 fully saturated rings. The Morgan fingerprint density at radius 2 is 1.86 bits per heavy atom. The normalized spacial score (nSPS) is 11.5. The molecule has 3 rings (SSSR count). The van der Waals surface area contributed by atoms with E-state index in [-0.39, 0.29) is 24.6 Å². The van der Waals surface area contributed by atoms with Gasteiger partial charge < -0.3 is 9.47 Å². The Morgan fingerprint density at radius 1 is 1.10 bits per heavy atom. The number of nitrogens with zero attached hydrogens (tertiary/aromatic N) is 1. The second-order valence-electron chi connectivity index (χ2n) is 6.31. The molecule has 1 aromatic heterocycles. The number of ether oxygens (including phenoxy) is 2. The maximum absolute atomic E-state index is 13.1. The minimum absolute atomic E-state index is 0.0624. The third-order valence-electron chi connectivity index (χ3n) is 4.36. The SMILES string of the molecule is COC(=O)CCc1cc2ccc(OCc3ccccc3C(F)(F)F)cc2nc1Br. The van der Waals surface area contributed by atoms with Gasteiger partial charge in [-0.2, -0.15) is 13.2 Å². The number of halogens is 4. The number of fused-ring (bicyclic) bond motifs is 1. The molecule has 0 amide bonds. The molecule has 2 aromatic carbocycles. The molecule has 0 N–H and O–H groups in total. The average Bonchev–Trinajstić information content (AvgIpc) is 2.69. The van der Waals surface area contributed by atoms with Crippen molar-refractivity contribution in [3.05, 3.63) is 69.8 Å². The van der Waals surface area contributed by atoms with Gasteiger partial charge >= 0.3 is 12.1 Å². The molecular weight excluding hydrogens is 451 g/mol. The molecule has 0 saturated carbocycles. The second kappa shape index (κ2) is 8.82. The quantitative estimate of drug-likeness (QED) is 0.344. The second-order valence-corrected chi connectivity index (χ2v) is 7.06. The Morgan fingerprint density at radius 3 is 2.59 bits per heavy atom. The van der Waals surface area contributed by atoms with Crippen LogP contribution in [-0.4, -0.2) is 18.1 Å². The summed E-state index contributed by atoms with van der Waals surface area (Å²) in [7, 11) is 1.34. The molecule has 0 unspecified atom stereocenters. The summed E-state index contributed by atoms with van der Waals surface area (Å²) in [5.74, 6) is 0.107. The lowest BCUT2D eigenvalue weighted by atomic mass is 10.1. The first-order valence-electron chi connectivity index (χ1n) is 8.72. The molecule has 0 aliphatic heterocycles. The largest absolute Gasteiger partial charge is 0.489 e. The minimum atomic E-state index is -4.43. The summed E-state index contributed by atoms with van der Waals surface area (Å²) in [6.45, 7) is -0.209. The van der Waals surface area contributed by atoms with Gasteiger partial charge in [-0.25, -0.2) is 4.98 Å². The van der Waals surface area contributed by atoms with Gasteiger partial charge in [0.15, 0.2) is 0 Å². The number of esters is 1. The molecule has 8 heteroatoms. The van der Waals surface area contributed by atoms with Gasteiger partial charge in [-0.1, -0.05) is 18.2 Å². The maximum atomic E-state index is 13.1. The van der Waals surface area contributed by atoms with Crippen LogP contribution in [0.3, 0.4) is 0 Å². The summed E-state index contributed by atoms with van der Waals surface area (Å²) in [5, 5.41) is 0.830. The summed E-state index contributed by atoms with van der Waals surface area (Å²) >= 11 is 3.39. The van der Waals surface area contributed by atoms with Gasteiger partial charge in [0.25, 0.3) is 0 Å². The van der Waals surface area contributed by atoms with Crippen LogP contribution in [-0.2, 0) is 28.7 Å². The summed E-state index contributed by atoms with van der Waals surface area (Å²) in [5.41, 5.74) is 0.834. The summed E-state index contributed by atoms with van der Waals surface area (Å²) < 4.78 is 50.1. The number of carbonyl (C=O) groups excluding carboxylic acids is 1. The van der Waals surface area contributed by atoms with Crippen molar-refractivity contribution >= 4 is 32.8 Å². The molecule has 0 aliphatic carbocycles. The van der Waals surface area contributed by atoms with E-state index in [1.165, 1.54) is 19.2 Å². The van der Waals surface area contributed by atoms with Crippen molar-refractivity contribution in [2.45, 2.75) is 25.6 Å². The van der Waals surface area contributed by atoms with E-state index < -0.39 is 11.7 Å². The number of alkyl halides is 3. The number of hydrogen-bond acceptors (Lipinski definition) is 4. The maximum Gasteiger partial charge on any atom is 0.416 e. The smallest absolute Gasteiger partial charge is 0.416 e. The molecule has 29 heavy (non-hydrogen) atoms. The molecule has 0 bridgehead atoms. The lowest BCUT2D eigenvalue weighted by molar-refractivity contribution is -0.140. The van der Waals surface area contributed by atoms with E-state index in [4.69, 9.17) is 4.74 Å². The van der Waals surface area contributed by atoms with Crippen LogP contribution in [0, 0.1) is 0 Å². The highest BCUT2D eigenvalue weighted by Crippen LogP contribution is 2.32. The molecule has 0 spiro atoms. The van der Waals surface area contributed by atoms with Crippen LogP contribution in [0.4, 0.5) is 13.2 Å². The van der Waals surface area contributed by atoms with Crippen molar-refractivity contribution in [2.75, 3.05) is 7.11 Å². The monoisotopic (exact) mass is 467 g/mol. The van der Waals surface area contributed by atoms with Gasteiger partial charge in [-0.3, -0.25) is 4.79 Å². The van der Waals surface area contributed by atoms with Gasteiger partial charge in [0, 0.05) is 23.4 Å². The van der Waals surface area contributed by atoms with Crippen LogP contribution in [0.15, 0.2) is 53.1 Å². The number of aryl methyl sites for hydroxylation is 1. The molecule has 0 radical (unpaired) electrons. The summed E-state index contributed by atoms with van der Waals surface area (Å²) in [4.78, 5) is 15.8. The fourth-order valence-corrected chi connectivity index (χ4v) is 3.36. The van der Waals surface area contributed by atoms with Gasteiger partial charge in [-0.15, -0.1) is 0 Å². The molecule has 4 nitrogen and oxygen atoms in total. The molecule has 0 saturated heterocycles. The zero-order valence-electron chi connectivity index (χ0n) is 15.4. The third kappa shape index (κ3) is 5.26. The summed E-state index contributed by atoms with van der Waals surface area (Å²) in [6.07, 6.45) is -3.72. The van der Waals surface area contributed by atoms with Crippen LogP contribution < -0.4 is 4.74 Å². The molecule has 0 atom stereocenters. The third-order valence-corrected chi connectivity index (χ3v) is 5.05. The van der Waals surface area contributed by atoms with Crippen LogP contribution in [0.2, 0.25) is 0 Å².